The smallest absolute Gasteiger partial charge is 0.312 e. The molecule has 34 heavy (non-hydrogen) atoms. The van der Waals surface area contributed by atoms with Crippen LogP contribution in [0.5, 0.6) is 0 Å². The molecule has 0 spiro atoms. The molecule has 1 atom stereocenters. The van der Waals surface area contributed by atoms with Gasteiger partial charge in [0.25, 0.3) is 5.56 Å². The highest BCUT2D eigenvalue weighted by molar-refractivity contribution is 5.85. The first-order valence-corrected chi connectivity index (χ1v) is 11.5. The Morgan fingerprint density at radius 1 is 0.912 bits per heavy atom. The number of para-hydroxylation sites is 1. The van der Waals surface area contributed by atoms with Crippen molar-refractivity contribution in [3.05, 3.63) is 99.2 Å². The second-order valence-electron chi connectivity index (χ2n) is 9.12. The molecule has 1 unspecified atom stereocenters. The lowest BCUT2D eigenvalue weighted by atomic mass is 10.0. The summed E-state index contributed by atoms with van der Waals surface area (Å²) in [4.78, 5) is 34.1. The molecular formula is C27H25N5O2. The summed E-state index contributed by atoms with van der Waals surface area (Å²) in [5, 5.41) is 2.12. The average molecular weight is 452 g/mol. The third kappa shape index (κ3) is 3.08. The SMILES string of the molecule is CC1CN(c2ccccc2)c2nc3c(c(=O)n(Cc4cccc5ccccc45)c(=O)n3C)n2C1. The lowest BCUT2D eigenvalue weighted by molar-refractivity contribution is 0.458. The van der Waals surface area contributed by atoms with Gasteiger partial charge in [-0.2, -0.15) is 4.98 Å². The number of anilines is 2. The number of aryl methyl sites for hydroxylation is 1. The van der Waals surface area contributed by atoms with E-state index in [1.807, 2.05) is 77.4 Å². The van der Waals surface area contributed by atoms with Gasteiger partial charge in [-0.15, -0.1) is 0 Å². The predicted octanol–water partition coefficient (Wildman–Crippen LogP) is 3.89. The molecule has 0 saturated carbocycles. The fourth-order valence-electron chi connectivity index (χ4n) is 5.07. The van der Waals surface area contributed by atoms with Gasteiger partial charge >= 0.3 is 5.69 Å². The van der Waals surface area contributed by atoms with E-state index in [4.69, 9.17) is 4.98 Å². The maximum absolute atomic E-state index is 13.8. The number of imidazole rings is 1. The van der Waals surface area contributed by atoms with Crippen molar-refractivity contribution < 1.29 is 0 Å². The van der Waals surface area contributed by atoms with Crippen molar-refractivity contribution in [1.29, 1.82) is 0 Å². The van der Waals surface area contributed by atoms with E-state index in [2.05, 4.69) is 11.8 Å². The van der Waals surface area contributed by atoms with Crippen LogP contribution < -0.4 is 16.1 Å². The largest absolute Gasteiger partial charge is 0.332 e. The standard InChI is InChI=1S/C27H25N5O2/c1-18-15-30(21-12-4-3-5-13-21)26-28-24-23(31(26)16-18)25(33)32(27(34)29(24)2)17-20-11-8-10-19-9-6-7-14-22(19)20/h3-14,18H,15-17H2,1-2H3. The van der Waals surface area contributed by atoms with E-state index in [9.17, 15) is 9.59 Å². The summed E-state index contributed by atoms with van der Waals surface area (Å²) in [6, 6.07) is 24.1. The fraction of sp³-hybridized carbons (Fsp3) is 0.222. The summed E-state index contributed by atoms with van der Waals surface area (Å²) in [7, 11) is 1.69. The van der Waals surface area contributed by atoms with Gasteiger partial charge in [0.1, 0.15) is 0 Å². The first-order chi connectivity index (χ1) is 16.5. The first-order valence-electron chi connectivity index (χ1n) is 11.5. The molecule has 7 nitrogen and oxygen atoms in total. The minimum Gasteiger partial charge on any atom is -0.312 e. The molecule has 0 N–H and O–H groups in total. The van der Waals surface area contributed by atoms with Crippen LogP contribution >= 0.6 is 0 Å². The highest BCUT2D eigenvalue weighted by atomic mass is 16.2. The Balaban J connectivity index is 1.57. The molecule has 3 aromatic carbocycles. The number of rotatable bonds is 3. The zero-order valence-corrected chi connectivity index (χ0v) is 19.2. The van der Waals surface area contributed by atoms with E-state index in [-0.39, 0.29) is 17.8 Å². The zero-order chi connectivity index (χ0) is 23.4. The molecule has 0 bridgehead atoms. The molecular weight excluding hydrogens is 426 g/mol. The summed E-state index contributed by atoms with van der Waals surface area (Å²) < 4.78 is 4.82. The summed E-state index contributed by atoms with van der Waals surface area (Å²) in [6.07, 6.45) is 0. The minimum atomic E-state index is -0.361. The predicted molar refractivity (Wildman–Crippen MR) is 135 cm³/mol. The number of fused-ring (bicyclic) bond motifs is 4. The number of hydrogen-bond donors (Lipinski definition) is 0. The van der Waals surface area contributed by atoms with Gasteiger partial charge in [0.2, 0.25) is 5.95 Å². The Hall–Kier alpha value is -4.13. The van der Waals surface area contributed by atoms with Gasteiger partial charge in [0.15, 0.2) is 11.2 Å². The zero-order valence-electron chi connectivity index (χ0n) is 19.2. The second-order valence-corrected chi connectivity index (χ2v) is 9.12. The third-order valence-electron chi connectivity index (χ3n) is 6.72. The molecule has 2 aromatic heterocycles. The van der Waals surface area contributed by atoms with Crippen molar-refractivity contribution in [3.8, 4) is 0 Å². The van der Waals surface area contributed by atoms with Crippen molar-refractivity contribution >= 4 is 33.6 Å². The van der Waals surface area contributed by atoms with Gasteiger partial charge in [-0.3, -0.25) is 13.9 Å². The quantitative estimate of drug-likeness (QED) is 0.418. The number of benzene rings is 3. The van der Waals surface area contributed by atoms with E-state index in [0.717, 1.165) is 28.6 Å². The molecule has 0 saturated heterocycles. The Morgan fingerprint density at radius 2 is 1.65 bits per heavy atom. The van der Waals surface area contributed by atoms with Crippen LogP contribution in [0.2, 0.25) is 0 Å². The molecule has 1 aliphatic heterocycles. The van der Waals surface area contributed by atoms with E-state index >= 15 is 0 Å². The molecule has 0 amide bonds. The summed E-state index contributed by atoms with van der Waals surface area (Å²) in [5.41, 5.74) is 2.20. The Labute approximate surface area is 196 Å². The summed E-state index contributed by atoms with van der Waals surface area (Å²) in [5.74, 6) is 1.02. The van der Waals surface area contributed by atoms with Crippen LogP contribution in [0, 0.1) is 5.92 Å². The highest BCUT2D eigenvalue weighted by Gasteiger charge is 2.29. The average Bonchev–Trinajstić information content (AvgIpc) is 3.25. The van der Waals surface area contributed by atoms with E-state index in [1.54, 1.807) is 7.05 Å². The van der Waals surface area contributed by atoms with E-state index < -0.39 is 0 Å². The third-order valence-corrected chi connectivity index (χ3v) is 6.72. The van der Waals surface area contributed by atoms with Gasteiger partial charge in [-0.25, -0.2) is 4.79 Å². The van der Waals surface area contributed by atoms with E-state index in [0.29, 0.717) is 29.6 Å². The van der Waals surface area contributed by atoms with Crippen LogP contribution in [0.25, 0.3) is 21.9 Å². The summed E-state index contributed by atoms with van der Waals surface area (Å²) in [6.45, 7) is 3.85. The Morgan fingerprint density at radius 3 is 2.47 bits per heavy atom. The lowest BCUT2D eigenvalue weighted by Crippen LogP contribution is -2.40. The molecule has 6 rings (SSSR count). The Kier molecular flexibility index (Phi) is 4.65. The van der Waals surface area contributed by atoms with Gasteiger partial charge in [0.05, 0.1) is 6.54 Å². The van der Waals surface area contributed by atoms with Crippen LogP contribution in [0.3, 0.4) is 0 Å². The van der Waals surface area contributed by atoms with Crippen LogP contribution in [0.1, 0.15) is 12.5 Å². The van der Waals surface area contributed by atoms with Gasteiger partial charge in [-0.1, -0.05) is 67.6 Å². The molecule has 0 aliphatic carbocycles. The molecule has 7 heteroatoms. The van der Waals surface area contributed by atoms with Crippen molar-refractivity contribution in [2.75, 3.05) is 11.4 Å². The summed E-state index contributed by atoms with van der Waals surface area (Å²) >= 11 is 0. The maximum Gasteiger partial charge on any atom is 0.332 e. The molecule has 0 radical (unpaired) electrons. The van der Waals surface area contributed by atoms with Crippen molar-refractivity contribution in [3.63, 3.8) is 0 Å². The van der Waals surface area contributed by atoms with Gasteiger partial charge in [-0.05, 0) is 34.4 Å². The number of nitrogens with zero attached hydrogens (tertiary/aromatic N) is 5. The van der Waals surface area contributed by atoms with Crippen LogP contribution in [-0.4, -0.2) is 25.2 Å². The van der Waals surface area contributed by atoms with Crippen molar-refractivity contribution in [2.45, 2.75) is 20.0 Å². The molecule has 1 aliphatic rings. The normalized spacial score (nSPS) is 15.7. The lowest BCUT2D eigenvalue weighted by Gasteiger charge is -2.32. The topological polar surface area (TPSA) is 65.1 Å². The molecule has 3 heterocycles. The van der Waals surface area contributed by atoms with Crippen LogP contribution in [0.15, 0.2) is 82.4 Å². The second kappa shape index (κ2) is 7.73. The maximum atomic E-state index is 13.8. The van der Waals surface area contributed by atoms with Crippen LogP contribution in [-0.2, 0) is 20.1 Å². The molecule has 5 aromatic rings. The van der Waals surface area contributed by atoms with Gasteiger partial charge in [0, 0.05) is 25.8 Å². The van der Waals surface area contributed by atoms with Crippen molar-refractivity contribution in [2.24, 2.45) is 13.0 Å². The van der Waals surface area contributed by atoms with E-state index in [1.165, 1.54) is 9.13 Å². The van der Waals surface area contributed by atoms with Crippen molar-refractivity contribution in [1.82, 2.24) is 18.7 Å². The first kappa shape index (κ1) is 20.5. The Bertz CT molecular complexity index is 1660. The number of aromatic nitrogens is 4. The fourth-order valence-corrected chi connectivity index (χ4v) is 5.07. The monoisotopic (exact) mass is 451 g/mol. The molecule has 170 valence electrons. The highest BCUT2D eigenvalue weighted by Crippen LogP contribution is 2.32. The van der Waals surface area contributed by atoms with Crippen LogP contribution in [0.4, 0.5) is 11.6 Å². The number of hydrogen-bond acceptors (Lipinski definition) is 4. The minimum absolute atomic E-state index is 0.210. The van der Waals surface area contributed by atoms with Gasteiger partial charge < -0.3 is 9.47 Å². The molecule has 0 fully saturated rings.